The summed E-state index contributed by atoms with van der Waals surface area (Å²) in [6.07, 6.45) is -0.423. The van der Waals surface area contributed by atoms with Crippen LogP contribution in [0.1, 0.15) is 10.4 Å². The van der Waals surface area contributed by atoms with Crippen molar-refractivity contribution in [2.45, 2.75) is 6.10 Å². The molecule has 2 amide bonds. The zero-order valence-corrected chi connectivity index (χ0v) is 11.2. The quantitative estimate of drug-likeness (QED) is 0.848. The fraction of sp³-hybridized carbons (Fsp3) is 0.333. The molecule has 0 aromatic heterocycles. The zero-order valence-electron chi connectivity index (χ0n) is 9.60. The summed E-state index contributed by atoms with van der Waals surface area (Å²) in [5.74, 6) is -0.474. The van der Waals surface area contributed by atoms with Gasteiger partial charge in [0.2, 0.25) is 5.91 Å². The highest BCUT2D eigenvalue weighted by atomic mass is 79.9. The summed E-state index contributed by atoms with van der Waals surface area (Å²) in [6, 6.07) is 7.01. The molecule has 6 heteroatoms. The number of carbonyl (C=O) groups excluding carboxylic acids is 2. The minimum absolute atomic E-state index is 0.0487. The first-order valence-electron chi connectivity index (χ1n) is 5.56. The average molecular weight is 313 g/mol. The summed E-state index contributed by atoms with van der Waals surface area (Å²) < 4.78 is 0.689. The van der Waals surface area contributed by atoms with Crippen molar-refractivity contribution in [1.82, 2.24) is 10.2 Å². The van der Waals surface area contributed by atoms with Gasteiger partial charge in [-0.2, -0.15) is 0 Å². The van der Waals surface area contributed by atoms with Crippen LogP contribution in [0.5, 0.6) is 0 Å². The SMILES string of the molecule is O=C(NCC(=O)N1CC(O)C1)c1ccccc1Br. The molecule has 1 aliphatic heterocycles. The highest BCUT2D eigenvalue weighted by Crippen LogP contribution is 2.15. The van der Waals surface area contributed by atoms with Gasteiger partial charge in [-0.3, -0.25) is 9.59 Å². The Kier molecular flexibility index (Phi) is 3.98. The number of likely N-dealkylation sites (tertiary alicyclic amines) is 1. The summed E-state index contributed by atoms with van der Waals surface area (Å²) in [5.41, 5.74) is 0.494. The lowest BCUT2D eigenvalue weighted by Crippen LogP contribution is -2.55. The van der Waals surface area contributed by atoms with Gasteiger partial charge in [0.25, 0.3) is 5.91 Å². The fourth-order valence-electron chi connectivity index (χ4n) is 1.67. The second kappa shape index (κ2) is 5.49. The Hall–Kier alpha value is -1.40. The molecule has 0 spiro atoms. The largest absolute Gasteiger partial charge is 0.389 e. The Bertz CT molecular complexity index is 472. The van der Waals surface area contributed by atoms with E-state index in [1.54, 1.807) is 18.2 Å². The lowest BCUT2D eigenvalue weighted by molar-refractivity contribution is -0.140. The number of rotatable bonds is 3. The van der Waals surface area contributed by atoms with Gasteiger partial charge in [0.1, 0.15) is 0 Å². The molecule has 1 aliphatic rings. The van der Waals surface area contributed by atoms with Gasteiger partial charge in [0, 0.05) is 17.6 Å². The number of nitrogens with one attached hydrogen (secondary N) is 1. The van der Waals surface area contributed by atoms with E-state index in [4.69, 9.17) is 5.11 Å². The third-order valence-electron chi connectivity index (χ3n) is 2.73. The van der Waals surface area contributed by atoms with Gasteiger partial charge in [-0.25, -0.2) is 0 Å². The van der Waals surface area contributed by atoms with Crippen molar-refractivity contribution >= 4 is 27.7 Å². The number of halogens is 1. The van der Waals surface area contributed by atoms with E-state index in [1.165, 1.54) is 4.90 Å². The fourth-order valence-corrected chi connectivity index (χ4v) is 2.13. The normalized spacial score (nSPS) is 15.1. The minimum Gasteiger partial charge on any atom is -0.389 e. The van der Waals surface area contributed by atoms with E-state index in [2.05, 4.69) is 21.2 Å². The van der Waals surface area contributed by atoms with E-state index in [0.29, 0.717) is 23.1 Å². The second-order valence-electron chi connectivity index (χ2n) is 4.12. The summed E-state index contributed by atoms with van der Waals surface area (Å²) in [4.78, 5) is 24.9. The smallest absolute Gasteiger partial charge is 0.252 e. The van der Waals surface area contributed by atoms with Crippen LogP contribution in [0.15, 0.2) is 28.7 Å². The van der Waals surface area contributed by atoms with Crippen LogP contribution in [-0.2, 0) is 4.79 Å². The van der Waals surface area contributed by atoms with Crippen LogP contribution >= 0.6 is 15.9 Å². The zero-order chi connectivity index (χ0) is 13.1. The Balaban J connectivity index is 1.85. The molecule has 2 rings (SSSR count). The van der Waals surface area contributed by atoms with Gasteiger partial charge < -0.3 is 15.3 Å². The standard InChI is InChI=1S/C12H13BrN2O3/c13-10-4-2-1-3-9(10)12(18)14-5-11(17)15-6-8(16)7-15/h1-4,8,16H,5-7H2,(H,14,18). The molecular weight excluding hydrogens is 300 g/mol. The van der Waals surface area contributed by atoms with E-state index in [1.807, 2.05) is 6.07 Å². The van der Waals surface area contributed by atoms with Crippen LogP contribution in [0, 0.1) is 0 Å². The number of β-amino-alcohol motifs (C(OH)–C–C–N with tert-alkyl or cyclic N) is 1. The number of aliphatic hydroxyl groups is 1. The number of hydrogen-bond donors (Lipinski definition) is 2. The Morgan fingerprint density at radius 2 is 2.06 bits per heavy atom. The van der Waals surface area contributed by atoms with Gasteiger partial charge in [-0.05, 0) is 28.1 Å². The van der Waals surface area contributed by atoms with E-state index < -0.39 is 6.10 Å². The van der Waals surface area contributed by atoms with Gasteiger partial charge >= 0.3 is 0 Å². The maximum Gasteiger partial charge on any atom is 0.252 e. The monoisotopic (exact) mass is 312 g/mol. The van der Waals surface area contributed by atoms with Crippen LogP contribution < -0.4 is 5.32 Å². The van der Waals surface area contributed by atoms with Crippen molar-refractivity contribution in [1.29, 1.82) is 0 Å². The first-order valence-corrected chi connectivity index (χ1v) is 6.36. The predicted octanol–water partition coefficient (Wildman–Crippen LogP) is 0.382. The lowest BCUT2D eigenvalue weighted by atomic mass is 10.1. The molecular formula is C12H13BrN2O3. The van der Waals surface area contributed by atoms with Crippen molar-refractivity contribution in [3.05, 3.63) is 34.3 Å². The van der Waals surface area contributed by atoms with Crippen molar-refractivity contribution in [2.24, 2.45) is 0 Å². The second-order valence-corrected chi connectivity index (χ2v) is 4.97. The molecule has 0 saturated carbocycles. The summed E-state index contributed by atoms with van der Waals surface area (Å²) >= 11 is 3.28. The molecule has 1 aromatic rings. The molecule has 1 saturated heterocycles. The molecule has 0 unspecified atom stereocenters. The number of carbonyl (C=O) groups is 2. The molecule has 0 radical (unpaired) electrons. The number of amides is 2. The molecule has 1 heterocycles. The summed E-state index contributed by atoms with van der Waals surface area (Å²) in [7, 11) is 0. The third-order valence-corrected chi connectivity index (χ3v) is 3.43. The number of nitrogens with zero attached hydrogens (tertiary/aromatic N) is 1. The van der Waals surface area contributed by atoms with Gasteiger partial charge in [0.15, 0.2) is 0 Å². The maximum absolute atomic E-state index is 11.8. The van der Waals surface area contributed by atoms with E-state index in [0.717, 1.165) is 0 Å². The average Bonchev–Trinajstić information content (AvgIpc) is 2.32. The van der Waals surface area contributed by atoms with E-state index >= 15 is 0 Å². The molecule has 96 valence electrons. The molecule has 0 aliphatic carbocycles. The molecule has 0 atom stereocenters. The Morgan fingerprint density at radius 1 is 1.39 bits per heavy atom. The Labute approximate surface area is 113 Å². The van der Waals surface area contributed by atoms with Crippen LogP contribution in [0.3, 0.4) is 0 Å². The maximum atomic E-state index is 11.8. The van der Waals surface area contributed by atoms with Gasteiger partial charge in [0.05, 0.1) is 18.2 Å². The highest BCUT2D eigenvalue weighted by Gasteiger charge is 2.28. The number of benzene rings is 1. The molecule has 0 bridgehead atoms. The van der Waals surface area contributed by atoms with Crippen molar-refractivity contribution < 1.29 is 14.7 Å². The molecule has 5 nitrogen and oxygen atoms in total. The predicted molar refractivity (Wildman–Crippen MR) is 69.1 cm³/mol. The van der Waals surface area contributed by atoms with Crippen molar-refractivity contribution in [3.63, 3.8) is 0 Å². The lowest BCUT2D eigenvalue weighted by Gasteiger charge is -2.35. The van der Waals surface area contributed by atoms with Gasteiger partial charge in [-0.15, -0.1) is 0 Å². The van der Waals surface area contributed by atoms with Crippen molar-refractivity contribution in [3.8, 4) is 0 Å². The number of aliphatic hydroxyl groups excluding tert-OH is 1. The molecule has 18 heavy (non-hydrogen) atoms. The molecule has 1 aromatic carbocycles. The summed E-state index contributed by atoms with van der Waals surface area (Å²) in [5, 5.41) is 11.6. The first kappa shape index (κ1) is 13.0. The third kappa shape index (κ3) is 2.88. The van der Waals surface area contributed by atoms with E-state index in [9.17, 15) is 9.59 Å². The van der Waals surface area contributed by atoms with Crippen LogP contribution in [-0.4, -0.2) is 47.6 Å². The van der Waals surface area contributed by atoms with E-state index in [-0.39, 0.29) is 18.4 Å². The molecule has 2 N–H and O–H groups in total. The van der Waals surface area contributed by atoms with Crippen LogP contribution in [0.25, 0.3) is 0 Å². The summed E-state index contributed by atoms with van der Waals surface area (Å²) in [6.45, 7) is 0.653. The number of hydrogen-bond acceptors (Lipinski definition) is 3. The van der Waals surface area contributed by atoms with Crippen LogP contribution in [0.4, 0.5) is 0 Å². The first-order chi connectivity index (χ1) is 8.58. The van der Waals surface area contributed by atoms with Crippen LogP contribution in [0.2, 0.25) is 0 Å². The van der Waals surface area contributed by atoms with Gasteiger partial charge in [-0.1, -0.05) is 12.1 Å². The van der Waals surface area contributed by atoms with Crippen molar-refractivity contribution in [2.75, 3.05) is 19.6 Å². The molecule has 1 fully saturated rings. The Morgan fingerprint density at radius 3 is 2.67 bits per heavy atom. The highest BCUT2D eigenvalue weighted by molar-refractivity contribution is 9.10. The topological polar surface area (TPSA) is 69.6 Å². The minimum atomic E-state index is -0.423.